The Morgan fingerprint density at radius 3 is 2.27 bits per heavy atom. The monoisotopic (exact) mass is 246 g/mol. The zero-order chi connectivity index (χ0) is 11.7. The van der Waals surface area contributed by atoms with Gasteiger partial charge in [-0.15, -0.1) is 0 Å². The van der Waals surface area contributed by atoms with Crippen LogP contribution < -0.4 is 21.7 Å². The van der Waals surface area contributed by atoms with E-state index in [-0.39, 0.29) is 5.17 Å². The molecule has 6 nitrogen and oxygen atoms in total. The number of aromatic nitrogens is 1. The van der Waals surface area contributed by atoms with E-state index in [4.69, 9.17) is 15.7 Å². The van der Waals surface area contributed by atoms with Gasteiger partial charge in [0.15, 0.2) is 0 Å². The number of aliphatic hydroxyl groups excluding tert-OH is 1. The zero-order valence-corrected chi connectivity index (χ0v) is 9.22. The molecule has 0 saturated heterocycles. The first-order chi connectivity index (χ1) is 7.06. The van der Waals surface area contributed by atoms with E-state index < -0.39 is 5.17 Å². The second kappa shape index (κ2) is 7.85. The van der Waals surface area contributed by atoms with Crippen molar-refractivity contribution in [2.45, 2.75) is 0 Å². The van der Waals surface area contributed by atoms with Gasteiger partial charge in [-0.1, -0.05) is 0 Å². The lowest BCUT2D eigenvalue weighted by atomic mass is 10.5. The number of ether oxygens (including phenoxy) is 1. The molecule has 0 spiro atoms. The number of pyridine rings is 1. The maximum atomic E-state index is 7.56. The third-order valence-electron chi connectivity index (χ3n) is 0.978. The molecule has 0 bridgehead atoms. The van der Waals surface area contributed by atoms with E-state index in [1.165, 1.54) is 0 Å². The Morgan fingerprint density at radius 2 is 1.87 bits per heavy atom. The molecule has 1 heterocycles. The number of hydrogen-bond donors (Lipinski definition) is 4. The Labute approximate surface area is 97.2 Å². The van der Waals surface area contributed by atoms with Crippen LogP contribution in [0.5, 0.6) is 5.75 Å². The van der Waals surface area contributed by atoms with Crippen LogP contribution in [-0.2, 0) is 0 Å². The van der Waals surface area contributed by atoms with E-state index in [1.807, 2.05) is 0 Å². The molecular formula is C7H10N4O2S2. The normalized spacial score (nSPS) is 8.07. The topological polar surface area (TPSA) is 106 Å². The molecule has 0 aliphatic rings. The molecule has 0 radical (unpaired) electrons. The third-order valence-corrected chi connectivity index (χ3v) is 1.18. The summed E-state index contributed by atoms with van der Waals surface area (Å²) in [6.45, 7) is 0. The molecule has 0 amide bonds. The van der Waals surface area contributed by atoms with Crippen molar-refractivity contribution in [3.63, 3.8) is 0 Å². The summed E-state index contributed by atoms with van der Waals surface area (Å²) in [6.07, 6.45) is 3.21. The lowest BCUT2D eigenvalue weighted by molar-refractivity contribution is 0.534. The van der Waals surface area contributed by atoms with Crippen LogP contribution in [-0.4, -0.2) is 20.4 Å². The summed E-state index contributed by atoms with van der Waals surface area (Å²) in [5.41, 5.74) is 6.60. The van der Waals surface area contributed by atoms with Crippen LogP contribution in [0.1, 0.15) is 0 Å². The molecule has 0 saturated carbocycles. The number of thiocarbonyl (C=S) groups is 2. The van der Waals surface area contributed by atoms with E-state index in [0.717, 1.165) is 0 Å². The third kappa shape index (κ3) is 8.81. The van der Waals surface area contributed by atoms with Gasteiger partial charge in [0.05, 0.1) is 0 Å². The highest BCUT2D eigenvalue weighted by atomic mass is 32.1. The first kappa shape index (κ1) is 13.5. The number of nitrogens with one attached hydrogen (secondary N) is 1. The molecule has 15 heavy (non-hydrogen) atoms. The standard InChI is InChI=1S/C6H7N3OS.CH3NOS/c7-9-6(11)10-5-1-3-8-4-2-5;2-1(3)4/h1-4H,7H2,(H,9,11);(H3,2,3,4). The van der Waals surface area contributed by atoms with Crippen molar-refractivity contribution in [1.82, 2.24) is 10.4 Å². The van der Waals surface area contributed by atoms with Crippen LogP contribution in [0, 0.1) is 0 Å². The van der Waals surface area contributed by atoms with Gasteiger partial charge in [0, 0.05) is 12.4 Å². The fraction of sp³-hybridized carbons (Fsp3) is 0. The molecule has 0 atom stereocenters. The minimum absolute atomic E-state index is 0.135. The Bertz CT molecular complexity index is 316. The Kier molecular flexibility index (Phi) is 7.06. The molecule has 1 rings (SSSR count). The Balaban J connectivity index is 0.000000423. The minimum atomic E-state index is -0.500. The van der Waals surface area contributed by atoms with Crippen LogP contribution in [0.4, 0.5) is 0 Å². The van der Waals surface area contributed by atoms with Gasteiger partial charge in [-0.2, -0.15) is 0 Å². The van der Waals surface area contributed by atoms with Crippen molar-refractivity contribution < 1.29 is 9.84 Å². The number of nitrogens with zero attached hydrogens (tertiary/aromatic N) is 1. The van der Waals surface area contributed by atoms with Gasteiger partial charge in [0.2, 0.25) is 0 Å². The molecule has 0 unspecified atom stereocenters. The van der Waals surface area contributed by atoms with E-state index in [2.05, 4.69) is 40.6 Å². The largest absolute Gasteiger partial charge is 0.487 e. The predicted octanol–water partition coefficient (Wildman–Crippen LogP) is -0.00340. The summed E-state index contributed by atoms with van der Waals surface area (Å²) >= 11 is 8.53. The van der Waals surface area contributed by atoms with Crippen molar-refractivity contribution in [2.24, 2.45) is 11.6 Å². The highest BCUT2D eigenvalue weighted by Gasteiger charge is 1.94. The quantitative estimate of drug-likeness (QED) is 0.311. The smallest absolute Gasteiger partial charge is 0.276 e. The SMILES string of the molecule is NC(O)=S.NNC(=S)Oc1ccncc1. The van der Waals surface area contributed by atoms with Crippen LogP contribution in [0.3, 0.4) is 0 Å². The van der Waals surface area contributed by atoms with Crippen LogP contribution >= 0.6 is 24.4 Å². The fourth-order valence-electron chi connectivity index (χ4n) is 0.543. The maximum Gasteiger partial charge on any atom is 0.276 e. The lowest BCUT2D eigenvalue weighted by Gasteiger charge is -2.03. The average molecular weight is 246 g/mol. The number of hydrogen-bond acceptors (Lipinski definition) is 5. The molecule has 82 valence electrons. The van der Waals surface area contributed by atoms with Crippen LogP contribution in [0.25, 0.3) is 0 Å². The first-order valence-electron chi connectivity index (χ1n) is 3.63. The summed E-state index contributed by atoms with van der Waals surface area (Å²) in [4.78, 5) is 3.80. The van der Waals surface area contributed by atoms with Gasteiger partial charge in [-0.25, -0.2) is 5.84 Å². The van der Waals surface area contributed by atoms with E-state index in [1.54, 1.807) is 24.5 Å². The fourth-order valence-corrected chi connectivity index (χ4v) is 0.639. The minimum Gasteiger partial charge on any atom is -0.487 e. The molecule has 8 heteroatoms. The highest BCUT2D eigenvalue weighted by Crippen LogP contribution is 2.05. The molecule has 1 aromatic rings. The van der Waals surface area contributed by atoms with Crippen LogP contribution in [0.2, 0.25) is 0 Å². The zero-order valence-electron chi connectivity index (χ0n) is 7.58. The van der Waals surface area contributed by atoms with Gasteiger partial charge >= 0.3 is 0 Å². The summed E-state index contributed by atoms with van der Waals surface area (Å²) < 4.78 is 5.02. The van der Waals surface area contributed by atoms with E-state index in [0.29, 0.717) is 5.75 Å². The molecule has 0 aromatic carbocycles. The summed E-state index contributed by atoms with van der Waals surface area (Å²) in [6, 6.07) is 3.37. The van der Waals surface area contributed by atoms with Gasteiger partial charge < -0.3 is 15.6 Å². The Hall–Kier alpha value is -1.51. The molecule has 1 aromatic heterocycles. The number of nitrogens with two attached hydrogens (primary N) is 2. The maximum absolute atomic E-state index is 7.56. The van der Waals surface area contributed by atoms with Crippen molar-refractivity contribution >= 4 is 34.8 Å². The van der Waals surface area contributed by atoms with Gasteiger partial charge in [-0.3, -0.25) is 10.4 Å². The summed E-state index contributed by atoms with van der Waals surface area (Å²) in [7, 11) is 0. The summed E-state index contributed by atoms with van der Waals surface area (Å²) in [5, 5.41) is 7.20. The second-order valence-corrected chi connectivity index (χ2v) is 2.84. The van der Waals surface area contributed by atoms with Gasteiger partial charge in [0.1, 0.15) is 5.75 Å². The predicted molar refractivity (Wildman–Crippen MR) is 64.2 cm³/mol. The number of rotatable bonds is 1. The molecule has 0 fully saturated rings. The van der Waals surface area contributed by atoms with E-state index >= 15 is 0 Å². The van der Waals surface area contributed by atoms with Gasteiger partial charge in [-0.05, 0) is 36.6 Å². The summed E-state index contributed by atoms with van der Waals surface area (Å²) in [5.74, 6) is 5.60. The van der Waals surface area contributed by atoms with Crippen molar-refractivity contribution in [1.29, 1.82) is 0 Å². The highest BCUT2D eigenvalue weighted by molar-refractivity contribution is 7.80. The van der Waals surface area contributed by atoms with Crippen LogP contribution in [0.15, 0.2) is 24.5 Å². The first-order valence-corrected chi connectivity index (χ1v) is 4.44. The Morgan fingerprint density at radius 1 is 1.40 bits per heavy atom. The van der Waals surface area contributed by atoms with Crippen molar-refractivity contribution in [3.05, 3.63) is 24.5 Å². The average Bonchev–Trinajstić information content (AvgIpc) is 2.18. The molecular weight excluding hydrogens is 236 g/mol. The second-order valence-electron chi connectivity index (χ2n) is 2.06. The van der Waals surface area contributed by atoms with Crippen molar-refractivity contribution in [3.8, 4) is 5.75 Å². The molecule has 0 aliphatic heterocycles. The van der Waals surface area contributed by atoms with Gasteiger partial charge in [0.25, 0.3) is 10.3 Å². The van der Waals surface area contributed by atoms with E-state index in [9.17, 15) is 0 Å². The molecule has 6 N–H and O–H groups in total. The van der Waals surface area contributed by atoms with Crippen molar-refractivity contribution in [2.75, 3.05) is 0 Å². The lowest BCUT2D eigenvalue weighted by Crippen LogP contribution is -2.32. The number of aliphatic hydroxyl groups is 1. The number of hydrazine groups is 1. The molecule has 0 aliphatic carbocycles.